The van der Waals surface area contributed by atoms with Crippen molar-refractivity contribution in [1.82, 2.24) is 19.5 Å². The normalized spacial score (nSPS) is 11.3. The third kappa shape index (κ3) is 2.22. The lowest BCUT2D eigenvalue weighted by atomic mass is 10.1. The van der Waals surface area contributed by atoms with Gasteiger partial charge in [-0.1, -0.05) is 6.07 Å². The van der Waals surface area contributed by atoms with Crippen LogP contribution in [0.3, 0.4) is 0 Å². The lowest BCUT2D eigenvalue weighted by molar-refractivity contribution is 0.581. The number of nitrogens with two attached hydrogens (primary N) is 2. The van der Waals surface area contributed by atoms with E-state index >= 15 is 0 Å². The number of nitrogen functional groups attached to an aromatic ring is 2. The Hall–Kier alpha value is -3.22. The number of hydrogen-bond donors (Lipinski definition) is 2. The van der Waals surface area contributed by atoms with Gasteiger partial charge < -0.3 is 16.0 Å². The smallest absolute Gasteiger partial charge is 0.222 e. The summed E-state index contributed by atoms with van der Waals surface area (Å²) >= 11 is 0. The molecule has 0 radical (unpaired) electrons. The summed E-state index contributed by atoms with van der Waals surface area (Å²) in [6.07, 6.45) is 3.48. The predicted octanol–water partition coefficient (Wildman–Crippen LogP) is 2.33. The second-order valence-electron chi connectivity index (χ2n) is 5.29. The van der Waals surface area contributed by atoms with Gasteiger partial charge in [0.15, 0.2) is 0 Å². The fourth-order valence-electron chi connectivity index (χ4n) is 2.79. The van der Waals surface area contributed by atoms with Crippen molar-refractivity contribution in [3.8, 4) is 0 Å². The summed E-state index contributed by atoms with van der Waals surface area (Å²) in [6.45, 7) is 0.581. The molecule has 0 aliphatic carbocycles. The minimum Gasteiger partial charge on any atom is -0.383 e. The average molecular weight is 308 g/mol. The first kappa shape index (κ1) is 13.4. The van der Waals surface area contributed by atoms with Gasteiger partial charge in [0.05, 0.1) is 10.9 Å². The molecule has 0 spiro atoms. The van der Waals surface area contributed by atoms with Crippen molar-refractivity contribution in [3.05, 3.63) is 54.2 Å². The molecule has 0 bridgehead atoms. The second-order valence-corrected chi connectivity index (χ2v) is 5.29. The molecule has 0 aliphatic heterocycles. The summed E-state index contributed by atoms with van der Waals surface area (Å²) in [5.74, 6) is 0.0325. The van der Waals surface area contributed by atoms with Crippen LogP contribution in [-0.4, -0.2) is 19.5 Å². The van der Waals surface area contributed by atoms with E-state index in [1.807, 2.05) is 29.0 Å². The molecule has 1 aromatic carbocycles. The number of halogens is 1. The molecule has 23 heavy (non-hydrogen) atoms. The standard InChI is InChI=1S/C16H13FN6/c17-13-4-1-9(7-20-13)8-23-6-5-10-12(23)3-2-11-14(10)15(18)22-16(19)21-11/h1-7H,8H2,(H4,18,19,21,22). The fraction of sp³-hybridized carbons (Fsp3) is 0.0625. The molecule has 3 aromatic heterocycles. The molecule has 0 fully saturated rings. The molecule has 0 atom stereocenters. The molecule has 0 amide bonds. The molecule has 0 saturated carbocycles. The van der Waals surface area contributed by atoms with Crippen LogP contribution in [0.15, 0.2) is 42.7 Å². The summed E-state index contributed by atoms with van der Waals surface area (Å²) in [4.78, 5) is 11.9. The van der Waals surface area contributed by atoms with Gasteiger partial charge in [0.1, 0.15) is 5.82 Å². The molecule has 4 N–H and O–H groups in total. The minimum absolute atomic E-state index is 0.158. The topological polar surface area (TPSA) is 95.6 Å². The van der Waals surface area contributed by atoms with Gasteiger partial charge in [-0.2, -0.15) is 9.37 Å². The van der Waals surface area contributed by atoms with Crippen LogP contribution in [0, 0.1) is 5.95 Å². The van der Waals surface area contributed by atoms with E-state index in [0.29, 0.717) is 17.9 Å². The van der Waals surface area contributed by atoms with Crippen LogP contribution in [0.1, 0.15) is 5.56 Å². The van der Waals surface area contributed by atoms with E-state index in [0.717, 1.165) is 21.9 Å². The number of hydrogen-bond acceptors (Lipinski definition) is 5. The highest BCUT2D eigenvalue weighted by Gasteiger charge is 2.11. The van der Waals surface area contributed by atoms with Gasteiger partial charge >= 0.3 is 0 Å². The number of rotatable bonds is 2. The second kappa shape index (κ2) is 4.91. The van der Waals surface area contributed by atoms with Crippen LogP contribution in [0.5, 0.6) is 0 Å². The molecule has 3 heterocycles. The molecular weight excluding hydrogens is 295 g/mol. The van der Waals surface area contributed by atoms with E-state index in [1.54, 1.807) is 6.07 Å². The van der Waals surface area contributed by atoms with Crippen LogP contribution in [0.4, 0.5) is 16.2 Å². The summed E-state index contributed by atoms with van der Waals surface area (Å²) in [7, 11) is 0. The maximum Gasteiger partial charge on any atom is 0.222 e. The van der Waals surface area contributed by atoms with Gasteiger partial charge in [0.25, 0.3) is 0 Å². The van der Waals surface area contributed by atoms with E-state index in [9.17, 15) is 4.39 Å². The van der Waals surface area contributed by atoms with Crippen molar-refractivity contribution in [1.29, 1.82) is 0 Å². The molecule has 7 heteroatoms. The number of benzene rings is 1. The van der Waals surface area contributed by atoms with Gasteiger partial charge in [0, 0.05) is 29.8 Å². The molecule has 0 unspecified atom stereocenters. The highest BCUT2D eigenvalue weighted by Crippen LogP contribution is 2.29. The first-order valence-electron chi connectivity index (χ1n) is 7.03. The largest absolute Gasteiger partial charge is 0.383 e. The van der Waals surface area contributed by atoms with Crippen molar-refractivity contribution < 1.29 is 4.39 Å². The Kier molecular flexibility index (Phi) is 2.87. The Morgan fingerprint density at radius 2 is 1.91 bits per heavy atom. The molecule has 114 valence electrons. The molecular formula is C16H13FN6. The maximum absolute atomic E-state index is 12.9. The summed E-state index contributed by atoms with van der Waals surface area (Å²) in [6, 6.07) is 8.86. The predicted molar refractivity (Wildman–Crippen MR) is 87.2 cm³/mol. The quantitative estimate of drug-likeness (QED) is 0.554. The Bertz CT molecular complexity index is 1020. The van der Waals surface area contributed by atoms with Gasteiger partial charge in [-0.15, -0.1) is 0 Å². The van der Waals surface area contributed by atoms with Crippen molar-refractivity contribution in [2.45, 2.75) is 6.54 Å². The lowest BCUT2D eigenvalue weighted by Gasteiger charge is -2.07. The molecule has 0 aliphatic rings. The zero-order chi connectivity index (χ0) is 16.0. The molecule has 6 nitrogen and oxygen atoms in total. The molecule has 4 aromatic rings. The first-order valence-corrected chi connectivity index (χ1v) is 7.03. The van der Waals surface area contributed by atoms with Crippen LogP contribution >= 0.6 is 0 Å². The SMILES string of the molecule is Nc1nc(N)c2c(ccc3c2ccn3Cc2ccc(F)nc2)n1. The van der Waals surface area contributed by atoms with Gasteiger partial charge in [-0.3, -0.25) is 0 Å². The van der Waals surface area contributed by atoms with E-state index in [-0.39, 0.29) is 5.95 Å². The number of nitrogens with zero attached hydrogens (tertiary/aromatic N) is 4. The van der Waals surface area contributed by atoms with Gasteiger partial charge in [-0.05, 0) is 29.8 Å². The van der Waals surface area contributed by atoms with E-state index in [2.05, 4.69) is 15.0 Å². The zero-order valence-corrected chi connectivity index (χ0v) is 12.1. The highest BCUT2D eigenvalue weighted by atomic mass is 19.1. The Morgan fingerprint density at radius 3 is 2.70 bits per heavy atom. The Balaban J connectivity index is 1.86. The van der Waals surface area contributed by atoms with Crippen LogP contribution in [0.25, 0.3) is 21.8 Å². The number of anilines is 2. The van der Waals surface area contributed by atoms with Crippen molar-refractivity contribution in [3.63, 3.8) is 0 Å². The summed E-state index contributed by atoms with van der Waals surface area (Å²) in [5, 5.41) is 1.74. The van der Waals surface area contributed by atoms with Crippen LogP contribution in [0.2, 0.25) is 0 Å². The monoisotopic (exact) mass is 308 g/mol. The number of pyridine rings is 1. The summed E-state index contributed by atoms with van der Waals surface area (Å²) < 4.78 is 15.0. The average Bonchev–Trinajstić information content (AvgIpc) is 2.92. The number of fused-ring (bicyclic) bond motifs is 3. The Morgan fingerprint density at radius 1 is 1.04 bits per heavy atom. The fourth-order valence-corrected chi connectivity index (χ4v) is 2.79. The van der Waals surface area contributed by atoms with Crippen LogP contribution < -0.4 is 11.5 Å². The van der Waals surface area contributed by atoms with E-state index < -0.39 is 5.95 Å². The highest BCUT2D eigenvalue weighted by molar-refractivity contribution is 6.10. The minimum atomic E-state index is -0.486. The Labute approximate surface area is 130 Å². The van der Waals surface area contributed by atoms with E-state index in [4.69, 9.17) is 11.5 Å². The molecule has 0 saturated heterocycles. The maximum atomic E-state index is 12.9. The van der Waals surface area contributed by atoms with Crippen molar-refractivity contribution >= 4 is 33.6 Å². The van der Waals surface area contributed by atoms with Crippen molar-refractivity contribution in [2.24, 2.45) is 0 Å². The summed E-state index contributed by atoms with van der Waals surface area (Å²) in [5.41, 5.74) is 14.3. The zero-order valence-electron chi connectivity index (χ0n) is 12.1. The first-order chi connectivity index (χ1) is 11.1. The van der Waals surface area contributed by atoms with E-state index in [1.165, 1.54) is 12.3 Å². The van der Waals surface area contributed by atoms with Crippen molar-refractivity contribution in [2.75, 3.05) is 11.5 Å². The van der Waals surface area contributed by atoms with Gasteiger partial charge in [-0.25, -0.2) is 9.97 Å². The lowest BCUT2D eigenvalue weighted by Crippen LogP contribution is -2.01. The van der Waals surface area contributed by atoms with Gasteiger partial charge in [0.2, 0.25) is 11.9 Å². The third-order valence-electron chi connectivity index (χ3n) is 3.80. The third-order valence-corrected chi connectivity index (χ3v) is 3.80. The van der Waals surface area contributed by atoms with Crippen LogP contribution in [-0.2, 0) is 6.54 Å². The number of aromatic nitrogens is 4. The molecule has 4 rings (SSSR count).